The first kappa shape index (κ1) is 16.7. The lowest BCUT2D eigenvalue weighted by molar-refractivity contribution is -0.138. The van der Waals surface area contributed by atoms with Gasteiger partial charge in [-0.15, -0.1) is 0 Å². The van der Waals surface area contributed by atoms with Crippen LogP contribution in [0.4, 0.5) is 13.2 Å². The summed E-state index contributed by atoms with van der Waals surface area (Å²) in [5, 5.41) is 9.22. The summed E-state index contributed by atoms with van der Waals surface area (Å²) in [6, 6.07) is 13.9. The van der Waals surface area contributed by atoms with Crippen molar-refractivity contribution in [2.24, 2.45) is 4.99 Å². The Hall–Kier alpha value is -2.63. The maximum atomic E-state index is 13.2. The summed E-state index contributed by atoms with van der Waals surface area (Å²) in [6.07, 6.45) is -4.84. The summed E-state index contributed by atoms with van der Waals surface area (Å²) in [5.74, 6) is -1.40. The van der Waals surface area contributed by atoms with Crippen LogP contribution in [0.15, 0.2) is 65.7 Å². The average Bonchev–Trinajstić information content (AvgIpc) is 2.51. The molecule has 0 bridgehead atoms. The second-order valence-corrected chi connectivity index (χ2v) is 4.89. The quantitative estimate of drug-likeness (QED) is 0.853. The molecule has 0 unspecified atom stereocenters. The molecule has 0 aliphatic heterocycles. The molecule has 0 saturated heterocycles. The van der Waals surface area contributed by atoms with E-state index in [-0.39, 0.29) is 12.0 Å². The summed E-state index contributed by atoms with van der Waals surface area (Å²) >= 11 is 0. The fourth-order valence-corrected chi connectivity index (χ4v) is 2.09. The van der Waals surface area contributed by atoms with Gasteiger partial charge >= 0.3 is 12.1 Å². The average molecular weight is 321 g/mol. The van der Waals surface area contributed by atoms with Crippen molar-refractivity contribution in [2.45, 2.75) is 18.6 Å². The highest BCUT2D eigenvalue weighted by atomic mass is 19.4. The first-order valence-corrected chi connectivity index (χ1v) is 6.85. The van der Waals surface area contributed by atoms with Gasteiger partial charge < -0.3 is 5.11 Å². The summed E-state index contributed by atoms with van der Waals surface area (Å²) in [6.45, 7) is 0. The van der Waals surface area contributed by atoms with E-state index in [9.17, 15) is 23.1 Å². The van der Waals surface area contributed by atoms with Gasteiger partial charge in [-0.2, -0.15) is 13.2 Å². The van der Waals surface area contributed by atoms with Gasteiger partial charge in [0.1, 0.15) is 5.71 Å². The van der Waals surface area contributed by atoms with Crippen molar-refractivity contribution in [1.82, 2.24) is 0 Å². The van der Waals surface area contributed by atoms with E-state index in [0.717, 1.165) is 0 Å². The number of alkyl halides is 3. The molecule has 0 amide bonds. The van der Waals surface area contributed by atoms with Crippen LogP contribution in [-0.4, -0.2) is 29.0 Å². The summed E-state index contributed by atoms with van der Waals surface area (Å²) in [7, 11) is 0. The number of carboxylic acid groups (broad SMARTS) is 1. The van der Waals surface area contributed by atoms with E-state index in [4.69, 9.17) is 0 Å². The lowest BCUT2D eigenvalue weighted by Crippen LogP contribution is -2.30. The Kier molecular flexibility index (Phi) is 5.16. The van der Waals surface area contributed by atoms with Gasteiger partial charge in [0.25, 0.3) is 0 Å². The molecule has 6 heteroatoms. The summed E-state index contributed by atoms with van der Waals surface area (Å²) in [4.78, 5) is 14.8. The van der Waals surface area contributed by atoms with Crippen molar-refractivity contribution in [2.75, 3.05) is 0 Å². The van der Waals surface area contributed by atoms with Crippen LogP contribution in [0.2, 0.25) is 0 Å². The van der Waals surface area contributed by atoms with Crippen LogP contribution in [0.1, 0.15) is 11.1 Å². The van der Waals surface area contributed by atoms with Crippen molar-refractivity contribution in [3.63, 3.8) is 0 Å². The number of aliphatic imine (C=N–C) groups is 1. The highest BCUT2D eigenvalue weighted by molar-refractivity contribution is 6.05. The van der Waals surface area contributed by atoms with Crippen molar-refractivity contribution in [1.29, 1.82) is 0 Å². The summed E-state index contributed by atoms with van der Waals surface area (Å²) in [5.41, 5.74) is -0.723. The summed E-state index contributed by atoms with van der Waals surface area (Å²) < 4.78 is 39.7. The SMILES string of the molecule is O=C(O)[C@H](Cc1ccccc1)N=C(c1ccccc1)C(F)(F)F. The second kappa shape index (κ2) is 7.09. The molecule has 2 aromatic rings. The molecular formula is C17H14F3NO2. The Morgan fingerprint density at radius 3 is 2.00 bits per heavy atom. The van der Waals surface area contributed by atoms with Crippen LogP contribution in [0.3, 0.4) is 0 Å². The van der Waals surface area contributed by atoms with Crippen molar-refractivity contribution in [3.8, 4) is 0 Å². The van der Waals surface area contributed by atoms with Gasteiger partial charge in [-0.25, -0.2) is 4.79 Å². The predicted octanol–water partition coefficient (Wildman–Crippen LogP) is 3.73. The minimum absolute atomic E-state index is 0.109. The van der Waals surface area contributed by atoms with Crippen molar-refractivity contribution >= 4 is 11.7 Å². The third kappa shape index (κ3) is 4.67. The number of carboxylic acids is 1. The zero-order valence-corrected chi connectivity index (χ0v) is 12.0. The third-order valence-corrected chi connectivity index (χ3v) is 3.16. The third-order valence-electron chi connectivity index (χ3n) is 3.16. The standard InChI is InChI=1S/C17H14F3NO2/c18-17(19,20)15(13-9-5-2-6-10-13)21-14(16(22)23)11-12-7-3-1-4-8-12/h1-10,14H,11H2,(H,22,23)/t14-/m0/s1. The molecule has 0 saturated carbocycles. The first-order chi connectivity index (χ1) is 10.9. The minimum Gasteiger partial charge on any atom is -0.480 e. The number of rotatable bonds is 5. The molecule has 2 aromatic carbocycles. The molecule has 120 valence electrons. The number of carbonyl (C=O) groups is 1. The Bertz CT molecular complexity index is 682. The second-order valence-electron chi connectivity index (χ2n) is 4.89. The van der Waals surface area contributed by atoms with Crippen LogP contribution >= 0.6 is 0 Å². The number of nitrogens with zero attached hydrogens (tertiary/aromatic N) is 1. The molecular weight excluding hydrogens is 307 g/mol. The van der Waals surface area contributed by atoms with E-state index in [1.165, 1.54) is 24.3 Å². The smallest absolute Gasteiger partial charge is 0.433 e. The van der Waals surface area contributed by atoms with Crippen LogP contribution < -0.4 is 0 Å². The van der Waals surface area contributed by atoms with E-state index in [1.54, 1.807) is 36.4 Å². The molecule has 3 nitrogen and oxygen atoms in total. The van der Waals surface area contributed by atoms with Gasteiger partial charge in [0.15, 0.2) is 6.04 Å². The maximum absolute atomic E-state index is 13.2. The normalized spacial score (nSPS) is 13.6. The largest absolute Gasteiger partial charge is 0.480 e. The Labute approximate surface area is 131 Å². The lowest BCUT2D eigenvalue weighted by Gasteiger charge is -2.14. The van der Waals surface area contributed by atoms with Crippen molar-refractivity contribution in [3.05, 3.63) is 71.8 Å². The highest BCUT2D eigenvalue weighted by Gasteiger charge is 2.38. The topological polar surface area (TPSA) is 49.7 Å². The molecule has 0 radical (unpaired) electrons. The fraction of sp³-hybridized carbons (Fsp3) is 0.176. The van der Waals surface area contributed by atoms with Crippen LogP contribution in [0.25, 0.3) is 0 Å². The van der Waals surface area contributed by atoms with E-state index in [1.807, 2.05) is 0 Å². The van der Waals surface area contributed by atoms with Crippen LogP contribution in [-0.2, 0) is 11.2 Å². The minimum atomic E-state index is -4.73. The molecule has 1 N–H and O–H groups in total. The van der Waals surface area contributed by atoms with Crippen LogP contribution in [0.5, 0.6) is 0 Å². The number of halogens is 3. The molecule has 0 heterocycles. The van der Waals surface area contributed by atoms with Gasteiger partial charge in [0, 0.05) is 12.0 Å². The Morgan fingerprint density at radius 1 is 1.00 bits per heavy atom. The van der Waals surface area contributed by atoms with Gasteiger partial charge in [-0.05, 0) is 5.56 Å². The lowest BCUT2D eigenvalue weighted by atomic mass is 10.0. The van der Waals surface area contributed by atoms with Crippen LogP contribution in [0, 0.1) is 0 Å². The predicted molar refractivity (Wildman–Crippen MR) is 80.6 cm³/mol. The van der Waals surface area contributed by atoms with Gasteiger partial charge in [-0.3, -0.25) is 4.99 Å². The number of hydrogen-bond donors (Lipinski definition) is 1. The van der Waals surface area contributed by atoms with E-state index in [2.05, 4.69) is 4.99 Å². The molecule has 0 aliphatic carbocycles. The Balaban J connectivity index is 2.39. The monoisotopic (exact) mass is 321 g/mol. The number of hydrogen-bond acceptors (Lipinski definition) is 2. The molecule has 0 fully saturated rings. The van der Waals surface area contributed by atoms with Gasteiger partial charge in [0.05, 0.1) is 0 Å². The highest BCUT2D eigenvalue weighted by Crippen LogP contribution is 2.24. The molecule has 1 atom stereocenters. The zero-order chi connectivity index (χ0) is 16.9. The molecule has 2 rings (SSSR count). The van der Waals surface area contributed by atoms with E-state index >= 15 is 0 Å². The zero-order valence-electron chi connectivity index (χ0n) is 12.0. The Morgan fingerprint density at radius 2 is 1.52 bits per heavy atom. The fourth-order valence-electron chi connectivity index (χ4n) is 2.09. The van der Waals surface area contributed by atoms with E-state index < -0.39 is 23.9 Å². The van der Waals surface area contributed by atoms with Gasteiger partial charge in [-0.1, -0.05) is 60.7 Å². The molecule has 0 aromatic heterocycles. The molecule has 0 spiro atoms. The number of aliphatic carboxylic acids is 1. The first-order valence-electron chi connectivity index (χ1n) is 6.85. The maximum Gasteiger partial charge on any atom is 0.433 e. The van der Waals surface area contributed by atoms with Crippen molar-refractivity contribution < 1.29 is 23.1 Å². The van der Waals surface area contributed by atoms with E-state index in [0.29, 0.717) is 5.56 Å². The molecule has 0 aliphatic rings. The molecule has 23 heavy (non-hydrogen) atoms. The number of benzene rings is 2. The van der Waals surface area contributed by atoms with Gasteiger partial charge in [0.2, 0.25) is 0 Å².